The largest absolute Gasteiger partial charge is 0.465 e. The Morgan fingerprint density at radius 3 is 3.06 bits per heavy atom. The Morgan fingerprint density at radius 2 is 2.29 bits per heavy atom. The van der Waals surface area contributed by atoms with E-state index in [9.17, 15) is 4.79 Å². The van der Waals surface area contributed by atoms with E-state index in [2.05, 4.69) is 6.08 Å². The molecule has 2 aliphatic rings. The van der Waals surface area contributed by atoms with E-state index in [0.717, 1.165) is 17.9 Å². The van der Waals surface area contributed by atoms with Crippen LogP contribution in [-0.2, 0) is 14.3 Å². The fourth-order valence-corrected chi connectivity index (χ4v) is 1.88. The van der Waals surface area contributed by atoms with Crippen molar-refractivity contribution in [1.82, 2.24) is 0 Å². The van der Waals surface area contributed by atoms with E-state index in [-0.39, 0.29) is 11.9 Å². The number of hydrogen-bond acceptors (Lipinski definition) is 3. The molecule has 0 amide bonds. The molecule has 2 rings (SSSR count). The Morgan fingerprint density at radius 1 is 1.47 bits per heavy atom. The molecule has 1 unspecified atom stereocenters. The highest BCUT2D eigenvalue weighted by Crippen LogP contribution is 2.36. The third-order valence-electron chi connectivity index (χ3n) is 2.84. The van der Waals surface area contributed by atoms with Gasteiger partial charge in [-0.1, -0.05) is 24.3 Å². The van der Waals surface area contributed by atoms with Crippen LogP contribution >= 0.6 is 0 Å². The maximum Gasteiger partial charge on any atom is 0.337 e. The normalized spacial score (nSPS) is 24.6. The summed E-state index contributed by atoms with van der Waals surface area (Å²) >= 11 is 0. The summed E-state index contributed by atoms with van der Waals surface area (Å²) in [6.07, 6.45) is 10.7. The monoisotopic (exact) mass is 232 g/mol. The molecular weight excluding hydrogens is 216 g/mol. The summed E-state index contributed by atoms with van der Waals surface area (Å²) in [6.45, 7) is 3.93. The molecule has 0 radical (unpaired) electrons. The van der Waals surface area contributed by atoms with Crippen molar-refractivity contribution in [3.05, 3.63) is 47.5 Å². The third-order valence-corrected chi connectivity index (χ3v) is 2.84. The molecule has 1 atom stereocenters. The van der Waals surface area contributed by atoms with Gasteiger partial charge in [-0.3, -0.25) is 0 Å². The molecule has 90 valence electrons. The van der Waals surface area contributed by atoms with Gasteiger partial charge in [-0.25, -0.2) is 4.79 Å². The molecule has 1 aliphatic carbocycles. The minimum atomic E-state index is -0.293. The predicted octanol–water partition coefficient (Wildman–Crippen LogP) is 2.87. The van der Waals surface area contributed by atoms with Crippen molar-refractivity contribution in [3.8, 4) is 0 Å². The molecule has 1 fully saturated rings. The number of rotatable bonds is 2. The van der Waals surface area contributed by atoms with E-state index in [0.29, 0.717) is 12.2 Å². The first kappa shape index (κ1) is 11.7. The van der Waals surface area contributed by atoms with E-state index in [1.807, 2.05) is 24.3 Å². The van der Waals surface area contributed by atoms with Gasteiger partial charge in [0.15, 0.2) is 0 Å². The molecule has 0 aromatic heterocycles. The van der Waals surface area contributed by atoms with Gasteiger partial charge in [0, 0.05) is 12.3 Å². The Bertz CT molecular complexity index is 438. The summed E-state index contributed by atoms with van der Waals surface area (Å²) in [5, 5.41) is 0. The highest BCUT2D eigenvalue weighted by atomic mass is 16.5. The van der Waals surface area contributed by atoms with Gasteiger partial charge < -0.3 is 9.47 Å². The number of ether oxygens (including phenoxy) is 2. The summed E-state index contributed by atoms with van der Waals surface area (Å²) in [7, 11) is 0. The van der Waals surface area contributed by atoms with Crippen LogP contribution in [0.5, 0.6) is 0 Å². The topological polar surface area (TPSA) is 35.5 Å². The van der Waals surface area contributed by atoms with E-state index in [4.69, 9.17) is 9.47 Å². The number of esters is 1. The summed E-state index contributed by atoms with van der Waals surface area (Å²) in [6, 6.07) is 0. The van der Waals surface area contributed by atoms with Gasteiger partial charge in [0.25, 0.3) is 0 Å². The van der Waals surface area contributed by atoms with E-state index < -0.39 is 0 Å². The maximum absolute atomic E-state index is 11.6. The first-order valence-corrected chi connectivity index (χ1v) is 5.82. The smallest absolute Gasteiger partial charge is 0.337 e. The molecule has 1 heterocycles. The third kappa shape index (κ3) is 2.49. The van der Waals surface area contributed by atoms with Crippen molar-refractivity contribution in [2.75, 3.05) is 6.61 Å². The van der Waals surface area contributed by atoms with Gasteiger partial charge in [-0.15, -0.1) is 0 Å². The highest BCUT2D eigenvalue weighted by Gasteiger charge is 2.28. The van der Waals surface area contributed by atoms with Crippen LogP contribution in [0.3, 0.4) is 0 Å². The number of fused-ring (bicyclic) bond motifs is 1. The average Bonchev–Trinajstić information content (AvgIpc) is 2.60. The quantitative estimate of drug-likeness (QED) is 0.542. The van der Waals surface area contributed by atoms with Crippen LogP contribution in [0.4, 0.5) is 0 Å². The molecule has 0 spiro atoms. The Balaban J connectivity index is 2.19. The standard InChI is InChI=1S/C14H16O3/c1-3-16-14(15)10(2)13-9-11-7-5-4-6-8-12(11)17-13/h4-8,11H,3,9H2,1-2H3/b13-10-. The van der Waals surface area contributed by atoms with Crippen molar-refractivity contribution in [1.29, 1.82) is 0 Å². The maximum atomic E-state index is 11.6. The Kier molecular flexibility index (Phi) is 3.47. The second-order valence-electron chi connectivity index (χ2n) is 4.02. The molecular formula is C14H16O3. The van der Waals surface area contributed by atoms with E-state index >= 15 is 0 Å². The van der Waals surface area contributed by atoms with Gasteiger partial charge in [0.1, 0.15) is 11.5 Å². The SMILES string of the molecule is CCOC(=O)/C(C)=C1/CC2C=CC=CC=C2O1. The molecule has 0 bridgehead atoms. The number of hydrogen-bond donors (Lipinski definition) is 0. The molecule has 0 aromatic rings. The van der Waals surface area contributed by atoms with Crippen LogP contribution in [0.1, 0.15) is 20.3 Å². The first-order valence-electron chi connectivity index (χ1n) is 5.82. The lowest BCUT2D eigenvalue weighted by atomic mass is 10.0. The number of carbonyl (C=O) groups is 1. The van der Waals surface area contributed by atoms with Gasteiger partial charge in [-0.05, 0) is 19.9 Å². The zero-order valence-electron chi connectivity index (χ0n) is 10.1. The van der Waals surface area contributed by atoms with Crippen molar-refractivity contribution < 1.29 is 14.3 Å². The predicted molar refractivity (Wildman–Crippen MR) is 64.9 cm³/mol. The molecule has 0 saturated carbocycles. The van der Waals surface area contributed by atoms with Crippen molar-refractivity contribution >= 4 is 5.97 Å². The second-order valence-corrected chi connectivity index (χ2v) is 4.02. The van der Waals surface area contributed by atoms with Crippen LogP contribution in [0, 0.1) is 5.92 Å². The summed E-state index contributed by atoms with van der Waals surface area (Å²) in [5.41, 5.74) is 0.568. The molecule has 1 aliphatic heterocycles. The first-order chi connectivity index (χ1) is 8.22. The number of carbonyl (C=O) groups excluding carboxylic acids is 1. The Hall–Kier alpha value is -1.77. The van der Waals surface area contributed by atoms with Crippen LogP contribution in [0.2, 0.25) is 0 Å². The zero-order valence-corrected chi connectivity index (χ0v) is 10.1. The lowest BCUT2D eigenvalue weighted by Crippen LogP contribution is -2.07. The minimum Gasteiger partial charge on any atom is -0.465 e. The fourth-order valence-electron chi connectivity index (χ4n) is 1.88. The zero-order chi connectivity index (χ0) is 12.3. The van der Waals surface area contributed by atoms with Crippen molar-refractivity contribution in [2.45, 2.75) is 20.3 Å². The van der Waals surface area contributed by atoms with Crippen LogP contribution in [0.15, 0.2) is 47.5 Å². The Labute approximate surface area is 101 Å². The van der Waals surface area contributed by atoms with Gasteiger partial charge >= 0.3 is 5.97 Å². The van der Waals surface area contributed by atoms with Crippen molar-refractivity contribution in [3.63, 3.8) is 0 Å². The number of allylic oxidation sites excluding steroid dienone is 6. The van der Waals surface area contributed by atoms with Crippen LogP contribution in [0.25, 0.3) is 0 Å². The minimum absolute atomic E-state index is 0.240. The average molecular weight is 232 g/mol. The van der Waals surface area contributed by atoms with Crippen molar-refractivity contribution in [2.24, 2.45) is 5.92 Å². The highest BCUT2D eigenvalue weighted by molar-refractivity contribution is 5.88. The second kappa shape index (κ2) is 5.04. The van der Waals surface area contributed by atoms with E-state index in [1.165, 1.54) is 0 Å². The van der Waals surface area contributed by atoms with Crippen LogP contribution in [-0.4, -0.2) is 12.6 Å². The lowest BCUT2D eigenvalue weighted by Gasteiger charge is -2.05. The molecule has 1 saturated heterocycles. The molecule has 0 aromatic carbocycles. The van der Waals surface area contributed by atoms with Gasteiger partial charge in [0.05, 0.1) is 12.2 Å². The molecule has 3 heteroatoms. The summed E-state index contributed by atoms with van der Waals surface area (Å²) in [4.78, 5) is 11.6. The van der Waals surface area contributed by atoms with Gasteiger partial charge in [-0.2, -0.15) is 0 Å². The lowest BCUT2D eigenvalue weighted by molar-refractivity contribution is -0.138. The molecule has 17 heavy (non-hydrogen) atoms. The summed E-state index contributed by atoms with van der Waals surface area (Å²) < 4.78 is 10.7. The molecule has 0 N–H and O–H groups in total. The molecule has 3 nitrogen and oxygen atoms in total. The summed E-state index contributed by atoms with van der Waals surface area (Å²) in [5.74, 6) is 1.57. The van der Waals surface area contributed by atoms with E-state index in [1.54, 1.807) is 13.8 Å². The van der Waals surface area contributed by atoms with Gasteiger partial charge in [0.2, 0.25) is 0 Å². The fraction of sp³-hybridized carbons (Fsp3) is 0.357. The van der Waals surface area contributed by atoms with Crippen LogP contribution < -0.4 is 0 Å².